The number of rotatable bonds is 3. The fourth-order valence-electron chi connectivity index (χ4n) is 2.21. The predicted octanol–water partition coefficient (Wildman–Crippen LogP) is 3.00. The largest absolute Gasteiger partial charge is 0.465 e. The summed E-state index contributed by atoms with van der Waals surface area (Å²) in [6.07, 6.45) is 3.34. The van der Waals surface area contributed by atoms with E-state index in [0.29, 0.717) is 6.61 Å². The zero-order valence-electron chi connectivity index (χ0n) is 10.0. The molecule has 94 valence electrons. The Bertz CT molecular complexity index is 559. The van der Waals surface area contributed by atoms with Gasteiger partial charge in [0.2, 0.25) is 0 Å². The average Bonchev–Trinajstić information content (AvgIpc) is 3.04. The Labute approximate surface area is 109 Å². The number of hydrogen-bond donors (Lipinski definition) is 0. The number of aromatic nitrogens is 1. The van der Waals surface area contributed by atoms with Gasteiger partial charge in [-0.3, -0.25) is 4.79 Å². The van der Waals surface area contributed by atoms with Crippen molar-refractivity contribution in [3.8, 4) is 10.8 Å². The van der Waals surface area contributed by atoms with Gasteiger partial charge in [0.1, 0.15) is 5.92 Å². The molecule has 1 aliphatic rings. The first-order chi connectivity index (χ1) is 8.79. The van der Waals surface area contributed by atoms with Gasteiger partial charge in [-0.05, 0) is 31.9 Å². The van der Waals surface area contributed by atoms with Crippen molar-refractivity contribution in [1.29, 1.82) is 0 Å². The number of hydrogen-bond acceptors (Lipinski definition) is 5. The zero-order valence-corrected chi connectivity index (χ0v) is 10.8. The maximum atomic E-state index is 11.8. The van der Waals surface area contributed by atoms with Gasteiger partial charge in [0.25, 0.3) is 0 Å². The molecule has 0 fully saturated rings. The lowest BCUT2D eigenvalue weighted by atomic mass is 10.1. The quantitative estimate of drug-likeness (QED) is 0.799. The molecule has 1 atom stereocenters. The van der Waals surface area contributed by atoms with Crippen molar-refractivity contribution in [1.82, 2.24) is 4.98 Å². The van der Waals surface area contributed by atoms with E-state index in [9.17, 15) is 4.79 Å². The van der Waals surface area contributed by atoms with E-state index in [2.05, 4.69) is 4.98 Å². The normalized spacial score (nSPS) is 17.7. The number of furan rings is 1. The summed E-state index contributed by atoms with van der Waals surface area (Å²) in [5, 5.41) is 0.846. The van der Waals surface area contributed by atoms with E-state index in [1.54, 1.807) is 17.6 Å². The summed E-state index contributed by atoms with van der Waals surface area (Å²) in [4.78, 5) is 17.5. The third-order valence-corrected chi connectivity index (χ3v) is 4.17. The van der Waals surface area contributed by atoms with E-state index in [1.807, 2.05) is 19.1 Å². The minimum absolute atomic E-state index is 0.160. The van der Waals surface area contributed by atoms with Crippen LogP contribution in [-0.4, -0.2) is 17.6 Å². The van der Waals surface area contributed by atoms with Gasteiger partial charge < -0.3 is 9.15 Å². The molecule has 2 heterocycles. The van der Waals surface area contributed by atoms with Crippen LogP contribution in [0, 0.1) is 0 Å². The fraction of sp³-hybridized carbons (Fsp3) is 0.385. The minimum Gasteiger partial charge on any atom is -0.465 e. The van der Waals surface area contributed by atoms with E-state index in [1.165, 1.54) is 4.88 Å². The van der Waals surface area contributed by atoms with E-state index in [4.69, 9.17) is 9.15 Å². The second-order valence-corrected chi connectivity index (χ2v) is 5.23. The molecule has 0 aliphatic heterocycles. The molecule has 0 saturated heterocycles. The molecule has 1 aliphatic carbocycles. The zero-order chi connectivity index (χ0) is 12.5. The minimum atomic E-state index is -0.195. The van der Waals surface area contributed by atoms with Gasteiger partial charge in [-0.2, -0.15) is 0 Å². The van der Waals surface area contributed by atoms with Gasteiger partial charge in [0.05, 0.1) is 18.6 Å². The van der Waals surface area contributed by atoms with Crippen LogP contribution in [-0.2, 0) is 16.0 Å². The molecule has 3 rings (SSSR count). The van der Waals surface area contributed by atoms with Crippen LogP contribution in [0.3, 0.4) is 0 Å². The Morgan fingerprint density at radius 3 is 3.28 bits per heavy atom. The summed E-state index contributed by atoms with van der Waals surface area (Å²) in [5.41, 5.74) is 0.879. The predicted molar refractivity (Wildman–Crippen MR) is 67.5 cm³/mol. The molecule has 18 heavy (non-hydrogen) atoms. The van der Waals surface area contributed by atoms with Crippen molar-refractivity contribution in [3.05, 3.63) is 29.0 Å². The Morgan fingerprint density at radius 1 is 1.67 bits per heavy atom. The lowest BCUT2D eigenvalue weighted by Crippen LogP contribution is -2.14. The summed E-state index contributed by atoms with van der Waals surface area (Å²) < 4.78 is 10.4. The Kier molecular flexibility index (Phi) is 2.91. The first kappa shape index (κ1) is 11.5. The van der Waals surface area contributed by atoms with E-state index in [0.717, 1.165) is 29.3 Å². The van der Waals surface area contributed by atoms with Crippen LogP contribution in [0.5, 0.6) is 0 Å². The molecule has 4 nitrogen and oxygen atoms in total. The van der Waals surface area contributed by atoms with Crippen LogP contribution in [0.15, 0.2) is 22.8 Å². The summed E-state index contributed by atoms with van der Waals surface area (Å²) in [6, 6.07) is 3.72. The molecule has 0 N–H and O–H groups in total. The molecule has 0 spiro atoms. The second kappa shape index (κ2) is 4.57. The molecule has 5 heteroatoms. The molecule has 2 aromatic heterocycles. The maximum absolute atomic E-state index is 11.8. The second-order valence-electron chi connectivity index (χ2n) is 4.15. The lowest BCUT2D eigenvalue weighted by molar-refractivity contribution is -0.145. The highest BCUT2D eigenvalue weighted by atomic mass is 32.1. The Balaban J connectivity index is 1.90. The van der Waals surface area contributed by atoms with Crippen molar-refractivity contribution < 1.29 is 13.9 Å². The van der Waals surface area contributed by atoms with E-state index < -0.39 is 0 Å². The molecule has 0 bridgehead atoms. The van der Waals surface area contributed by atoms with Gasteiger partial charge in [0.15, 0.2) is 10.8 Å². The van der Waals surface area contributed by atoms with Gasteiger partial charge >= 0.3 is 5.97 Å². The Hall–Kier alpha value is -1.62. The Morgan fingerprint density at radius 2 is 2.56 bits per heavy atom. The SMILES string of the molecule is CCOC(=O)C1CCc2sc(-c3ccco3)nc21. The lowest BCUT2D eigenvalue weighted by Gasteiger charge is -2.07. The topological polar surface area (TPSA) is 52.3 Å². The van der Waals surface area contributed by atoms with Crippen molar-refractivity contribution in [2.45, 2.75) is 25.7 Å². The van der Waals surface area contributed by atoms with E-state index >= 15 is 0 Å². The standard InChI is InChI=1S/C13H13NO3S/c1-2-16-13(15)8-5-6-10-11(8)14-12(18-10)9-4-3-7-17-9/h3-4,7-8H,2,5-6H2,1H3. The van der Waals surface area contributed by atoms with Crippen LogP contribution in [0.4, 0.5) is 0 Å². The molecular weight excluding hydrogens is 250 g/mol. The van der Waals surface area contributed by atoms with Crippen LogP contribution in [0.1, 0.15) is 29.8 Å². The van der Waals surface area contributed by atoms with Crippen molar-refractivity contribution >= 4 is 17.3 Å². The fourth-order valence-corrected chi connectivity index (χ4v) is 3.31. The van der Waals surface area contributed by atoms with Crippen LogP contribution in [0.25, 0.3) is 10.8 Å². The van der Waals surface area contributed by atoms with E-state index in [-0.39, 0.29) is 11.9 Å². The highest BCUT2D eigenvalue weighted by Gasteiger charge is 2.33. The summed E-state index contributed by atoms with van der Waals surface area (Å²) in [5.74, 6) is 0.407. The highest BCUT2D eigenvalue weighted by molar-refractivity contribution is 7.15. The summed E-state index contributed by atoms with van der Waals surface area (Å²) in [7, 11) is 0. The van der Waals surface area contributed by atoms with Crippen molar-refractivity contribution in [3.63, 3.8) is 0 Å². The number of ether oxygens (including phenoxy) is 1. The third kappa shape index (κ3) is 1.84. The molecule has 1 unspecified atom stereocenters. The monoisotopic (exact) mass is 263 g/mol. The number of fused-ring (bicyclic) bond motifs is 1. The molecular formula is C13H13NO3S. The maximum Gasteiger partial charge on any atom is 0.315 e. The van der Waals surface area contributed by atoms with Gasteiger partial charge in [-0.25, -0.2) is 4.98 Å². The third-order valence-electron chi connectivity index (χ3n) is 3.02. The van der Waals surface area contributed by atoms with Crippen LogP contribution < -0.4 is 0 Å². The molecule has 0 radical (unpaired) electrons. The number of nitrogens with zero attached hydrogens (tertiary/aromatic N) is 1. The first-order valence-corrected chi connectivity index (χ1v) is 6.81. The van der Waals surface area contributed by atoms with Crippen molar-refractivity contribution in [2.24, 2.45) is 0 Å². The summed E-state index contributed by atoms with van der Waals surface area (Å²) >= 11 is 1.61. The number of carbonyl (C=O) groups excluding carboxylic acids is 1. The highest BCUT2D eigenvalue weighted by Crippen LogP contribution is 2.40. The number of thiazole rings is 1. The molecule has 0 amide bonds. The number of carbonyl (C=O) groups is 1. The molecule has 0 saturated carbocycles. The number of aryl methyl sites for hydroxylation is 1. The first-order valence-electron chi connectivity index (χ1n) is 5.99. The van der Waals surface area contributed by atoms with Crippen molar-refractivity contribution in [2.75, 3.05) is 6.61 Å². The van der Waals surface area contributed by atoms with Gasteiger partial charge in [-0.15, -0.1) is 11.3 Å². The molecule has 0 aromatic carbocycles. The molecule has 2 aromatic rings. The van der Waals surface area contributed by atoms with Crippen LogP contribution >= 0.6 is 11.3 Å². The summed E-state index contributed by atoms with van der Waals surface area (Å²) in [6.45, 7) is 2.24. The van der Waals surface area contributed by atoms with Gasteiger partial charge in [0, 0.05) is 4.88 Å². The smallest absolute Gasteiger partial charge is 0.315 e. The number of esters is 1. The van der Waals surface area contributed by atoms with Crippen LogP contribution in [0.2, 0.25) is 0 Å². The average molecular weight is 263 g/mol. The van der Waals surface area contributed by atoms with Gasteiger partial charge in [-0.1, -0.05) is 0 Å².